The molecule has 0 saturated carbocycles. The summed E-state index contributed by atoms with van der Waals surface area (Å²) in [4.78, 5) is 10.7. The molecular weight excluding hydrogens is 209 g/mol. The third-order valence-corrected chi connectivity index (χ3v) is 2.66. The number of nitrogens with two attached hydrogens (primary N) is 1. The molecule has 0 spiro atoms. The first-order chi connectivity index (χ1) is 7.41. The number of aryl methyl sites for hydroxylation is 1. The fourth-order valence-electron chi connectivity index (χ4n) is 1.82. The van der Waals surface area contributed by atoms with E-state index >= 15 is 0 Å². The highest BCUT2D eigenvalue weighted by Gasteiger charge is 2.21. The van der Waals surface area contributed by atoms with Crippen molar-refractivity contribution in [3.63, 3.8) is 0 Å². The monoisotopic (exact) mass is 225 g/mol. The molecule has 0 heterocycles. The lowest BCUT2D eigenvalue weighted by Crippen LogP contribution is -2.27. The highest BCUT2D eigenvalue weighted by atomic mass is 19.1. The van der Waals surface area contributed by atoms with Crippen LogP contribution in [0.2, 0.25) is 0 Å². The summed E-state index contributed by atoms with van der Waals surface area (Å²) in [6, 6.07) is 4.06. The Morgan fingerprint density at radius 1 is 1.56 bits per heavy atom. The molecule has 0 aromatic heterocycles. The van der Waals surface area contributed by atoms with Gasteiger partial charge in [-0.05, 0) is 37.1 Å². The Hall–Kier alpha value is -1.42. The summed E-state index contributed by atoms with van der Waals surface area (Å²) < 4.78 is 12.9. The number of benzene rings is 1. The zero-order valence-electron chi connectivity index (χ0n) is 9.40. The van der Waals surface area contributed by atoms with Crippen LogP contribution >= 0.6 is 0 Å². The quantitative estimate of drug-likeness (QED) is 0.824. The summed E-state index contributed by atoms with van der Waals surface area (Å²) in [5.41, 5.74) is 7.31. The van der Waals surface area contributed by atoms with Gasteiger partial charge in [0.2, 0.25) is 0 Å². The smallest absolute Gasteiger partial charge is 0.304 e. The van der Waals surface area contributed by atoms with E-state index in [2.05, 4.69) is 0 Å². The van der Waals surface area contributed by atoms with E-state index in [0.717, 1.165) is 11.1 Å². The molecule has 0 saturated heterocycles. The summed E-state index contributed by atoms with van der Waals surface area (Å²) in [6.07, 6.45) is -0.0376. The fourth-order valence-corrected chi connectivity index (χ4v) is 1.82. The highest BCUT2D eigenvalue weighted by molar-refractivity contribution is 5.68. The van der Waals surface area contributed by atoms with Crippen molar-refractivity contribution < 1.29 is 14.3 Å². The maximum absolute atomic E-state index is 12.9. The zero-order chi connectivity index (χ0) is 12.3. The second kappa shape index (κ2) is 5.07. The minimum absolute atomic E-state index is 0.0376. The molecule has 3 nitrogen and oxygen atoms in total. The minimum atomic E-state index is -0.897. The van der Waals surface area contributed by atoms with Gasteiger partial charge in [0, 0.05) is 12.0 Å². The Morgan fingerprint density at radius 2 is 2.19 bits per heavy atom. The number of carbonyl (C=O) groups is 1. The molecule has 0 aliphatic heterocycles. The number of halogens is 1. The van der Waals surface area contributed by atoms with Crippen molar-refractivity contribution in [2.75, 3.05) is 0 Å². The fraction of sp³-hybridized carbons (Fsp3) is 0.417. The predicted molar refractivity (Wildman–Crippen MR) is 59.8 cm³/mol. The van der Waals surface area contributed by atoms with E-state index in [1.807, 2.05) is 0 Å². The van der Waals surface area contributed by atoms with Gasteiger partial charge in [-0.1, -0.05) is 6.07 Å². The Morgan fingerprint density at radius 3 is 2.62 bits per heavy atom. The highest BCUT2D eigenvalue weighted by Crippen LogP contribution is 2.26. The predicted octanol–water partition coefficient (Wildman–Crippen LogP) is 2.04. The summed E-state index contributed by atoms with van der Waals surface area (Å²) >= 11 is 0. The van der Waals surface area contributed by atoms with Crippen LogP contribution < -0.4 is 5.73 Å². The Bertz CT molecular complexity index is 391. The van der Waals surface area contributed by atoms with Gasteiger partial charge in [0.05, 0.1) is 6.42 Å². The number of aliphatic carboxylic acids is 1. The van der Waals surface area contributed by atoms with Gasteiger partial charge < -0.3 is 10.8 Å². The maximum atomic E-state index is 12.9. The standard InChI is InChI=1S/C12H16FNO2/c1-7-5-9(13)3-4-10(7)11(8(2)14)6-12(15)16/h3-5,8,11H,6,14H2,1-2H3,(H,15,16). The van der Waals surface area contributed by atoms with E-state index in [9.17, 15) is 9.18 Å². The van der Waals surface area contributed by atoms with Gasteiger partial charge in [0.25, 0.3) is 0 Å². The third-order valence-electron chi connectivity index (χ3n) is 2.66. The van der Waals surface area contributed by atoms with E-state index in [1.54, 1.807) is 19.9 Å². The van der Waals surface area contributed by atoms with E-state index in [-0.39, 0.29) is 24.2 Å². The maximum Gasteiger partial charge on any atom is 0.304 e. The number of carboxylic acid groups (broad SMARTS) is 1. The largest absolute Gasteiger partial charge is 0.481 e. The van der Waals surface area contributed by atoms with Gasteiger partial charge in [-0.3, -0.25) is 4.79 Å². The molecule has 0 radical (unpaired) electrons. The van der Waals surface area contributed by atoms with Gasteiger partial charge in [-0.25, -0.2) is 4.39 Å². The van der Waals surface area contributed by atoms with Crippen molar-refractivity contribution >= 4 is 5.97 Å². The van der Waals surface area contributed by atoms with Crippen molar-refractivity contribution in [2.45, 2.75) is 32.2 Å². The Balaban J connectivity index is 3.05. The first kappa shape index (κ1) is 12.6. The van der Waals surface area contributed by atoms with Gasteiger partial charge in [-0.2, -0.15) is 0 Å². The Labute approximate surface area is 94.1 Å². The molecule has 88 valence electrons. The minimum Gasteiger partial charge on any atom is -0.481 e. The van der Waals surface area contributed by atoms with Crippen molar-refractivity contribution in [2.24, 2.45) is 5.73 Å². The lowest BCUT2D eigenvalue weighted by Gasteiger charge is -2.21. The average molecular weight is 225 g/mol. The molecule has 3 N–H and O–H groups in total. The molecular formula is C12H16FNO2. The molecule has 0 bridgehead atoms. The number of carboxylic acids is 1. The molecule has 2 unspecified atom stereocenters. The molecule has 0 aliphatic carbocycles. The molecule has 0 fully saturated rings. The molecule has 16 heavy (non-hydrogen) atoms. The van der Waals surface area contributed by atoms with Crippen LogP contribution in [0.3, 0.4) is 0 Å². The SMILES string of the molecule is Cc1cc(F)ccc1C(CC(=O)O)C(C)N. The van der Waals surface area contributed by atoms with Crippen LogP contribution in [0.1, 0.15) is 30.4 Å². The third kappa shape index (κ3) is 3.03. The molecule has 1 aromatic rings. The second-order valence-corrected chi connectivity index (χ2v) is 4.06. The van der Waals surface area contributed by atoms with E-state index in [4.69, 9.17) is 10.8 Å². The van der Waals surface area contributed by atoms with Crippen LogP contribution in [0, 0.1) is 12.7 Å². The Kier molecular flexibility index (Phi) is 4.01. The molecule has 0 aliphatic rings. The van der Waals surface area contributed by atoms with Gasteiger partial charge in [0.15, 0.2) is 0 Å². The van der Waals surface area contributed by atoms with Crippen LogP contribution in [-0.4, -0.2) is 17.1 Å². The summed E-state index contributed by atoms with van der Waals surface area (Å²) in [7, 11) is 0. The van der Waals surface area contributed by atoms with Gasteiger partial charge >= 0.3 is 5.97 Å². The van der Waals surface area contributed by atoms with Crippen LogP contribution in [-0.2, 0) is 4.79 Å². The average Bonchev–Trinajstić information content (AvgIpc) is 2.14. The molecule has 0 amide bonds. The summed E-state index contributed by atoms with van der Waals surface area (Å²) in [5.74, 6) is -1.50. The second-order valence-electron chi connectivity index (χ2n) is 4.06. The number of hydrogen-bond donors (Lipinski definition) is 2. The first-order valence-corrected chi connectivity index (χ1v) is 5.15. The van der Waals surface area contributed by atoms with Gasteiger partial charge in [0.1, 0.15) is 5.82 Å². The molecule has 4 heteroatoms. The first-order valence-electron chi connectivity index (χ1n) is 5.15. The zero-order valence-corrected chi connectivity index (χ0v) is 9.40. The van der Waals surface area contributed by atoms with E-state index in [1.165, 1.54) is 12.1 Å². The normalized spacial score (nSPS) is 14.5. The molecule has 2 atom stereocenters. The van der Waals surface area contributed by atoms with Crippen molar-refractivity contribution in [3.05, 3.63) is 35.1 Å². The number of rotatable bonds is 4. The summed E-state index contributed by atoms with van der Waals surface area (Å²) in [6.45, 7) is 3.52. The van der Waals surface area contributed by atoms with Crippen molar-refractivity contribution in [1.82, 2.24) is 0 Å². The van der Waals surface area contributed by atoms with Crippen LogP contribution in [0.4, 0.5) is 4.39 Å². The van der Waals surface area contributed by atoms with Crippen molar-refractivity contribution in [3.8, 4) is 0 Å². The number of hydrogen-bond acceptors (Lipinski definition) is 2. The van der Waals surface area contributed by atoms with Crippen LogP contribution in [0.5, 0.6) is 0 Å². The van der Waals surface area contributed by atoms with E-state index in [0.29, 0.717) is 0 Å². The summed E-state index contributed by atoms with van der Waals surface area (Å²) in [5, 5.41) is 8.81. The molecule has 1 aromatic carbocycles. The van der Waals surface area contributed by atoms with Crippen LogP contribution in [0.25, 0.3) is 0 Å². The topological polar surface area (TPSA) is 63.3 Å². The van der Waals surface area contributed by atoms with Gasteiger partial charge in [-0.15, -0.1) is 0 Å². The van der Waals surface area contributed by atoms with E-state index < -0.39 is 5.97 Å². The lowest BCUT2D eigenvalue weighted by molar-refractivity contribution is -0.137. The van der Waals surface area contributed by atoms with Crippen molar-refractivity contribution in [1.29, 1.82) is 0 Å². The molecule has 1 rings (SSSR count). The van der Waals surface area contributed by atoms with Crippen LogP contribution in [0.15, 0.2) is 18.2 Å². The lowest BCUT2D eigenvalue weighted by atomic mass is 9.87.